The van der Waals surface area contributed by atoms with Crippen molar-refractivity contribution in [3.8, 4) is 0 Å². The number of nitrogens with one attached hydrogen (secondary N) is 1. The van der Waals surface area contributed by atoms with Crippen LogP contribution in [0.4, 0.5) is 4.39 Å². The van der Waals surface area contributed by atoms with Crippen LogP contribution >= 0.6 is 0 Å². The van der Waals surface area contributed by atoms with Crippen molar-refractivity contribution in [1.82, 2.24) is 5.32 Å². The molecule has 0 aromatic heterocycles. The van der Waals surface area contributed by atoms with E-state index in [0.717, 1.165) is 6.54 Å². The summed E-state index contributed by atoms with van der Waals surface area (Å²) in [5.41, 5.74) is 0. The van der Waals surface area contributed by atoms with E-state index in [0.29, 0.717) is 25.9 Å². The van der Waals surface area contributed by atoms with Crippen molar-refractivity contribution >= 4 is 0 Å². The normalized spacial score (nSPS) is 11.1. The van der Waals surface area contributed by atoms with Crippen LogP contribution in [0, 0.1) is 0 Å². The van der Waals surface area contributed by atoms with Crippen LogP contribution in [0.25, 0.3) is 0 Å². The largest absolute Gasteiger partial charge is 0.378 e. The second-order valence-corrected chi connectivity index (χ2v) is 3.02. The molecule has 1 N–H and O–H groups in total. The van der Waals surface area contributed by atoms with Gasteiger partial charge in [0, 0.05) is 12.6 Å². The van der Waals surface area contributed by atoms with E-state index in [9.17, 15) is 4.39 Å². The van der Waals surface area contributed by atoms with Crippen molar-refractivity contribution in [1.29, 1.82) is 0 Å². The summed E-state index contributed by atoms with van der Waals surface area (Å²) < 4.78 is 21.6. The fourth-order valence-corrected chi connectivity index (χ4v) is 0.796. The molecule has 3 nitrogen and oxygen atoms in total. The number of rotatable bonds is 9. The van der Waals surface area contributed by atoms with Crippen LogP contribution in [0.5, 0.6) is 0 Å². The summed E-state index contributed by atoms with van der Waals surface area (Å²) in [6.45, 7) is 6.47. The van der Waals surface area contributed by atoms with Gasteiger partial charge in [-0.2, -0.15) is 0 Å². The first-order valence-corrected chi connectivity index (χ1v) is 4.72. The lowest BCUT2D eigenvalue weighted by molar-refractivity contribution is 0.0435. The van der Waals surface area contributed by atoms with E-state index in [1.165, 1.54) is 0 Å². The summed E-state index contributed by atoms with van der Waals surface area (Å²) in [7, 11) is 0. The summed E-state index contributed by atoms with van der Waals surface area (Å²) >= 11 is 0. The molecule has 0 atom stereocenters. The molecule has 0 aliphatic heterocycles. The Bertz CT molecular complexity index is 102. The van der Waals surface area contributed by atoms with Crippen molar-refractivity contribution in [2.24, 2.45) is 0 Å². The predicted octanol–water partition coefficient (Wildman–Crippen LogP) is 0.987. The molecule has 0 amide bonds. The zero-order valence-corrected chi connectivity index (χ0v) is 8.51. The lowest BCUT2D eigenvalue weighted by atomic mass is 10.4. The van der Waals surface area contributed by atoms with Gasteiger partial charge in [-0.1, -0.05) is 13.8 Å². The van der Waals surface area contributed by atoms with Gasteiger partial charge < -0.3 is 14.8 Å². The molecule has 0 saturated carbocycles. The van der Waals surface area contributed by atoms with Gasteiger partial charge in [0.2, 0.25) is 0 Å². The van der Waals surface area contributed by atoms with Crippen LogP contribution in [0.3, 0.4) is 0 Å². The highest BCUT2D eigenvalue weighted by atomic mass is 19.1. The molecule has 4 heteroatoms. The highest BCUT2D eigenvalue weighted by molar-refractivity contribution is 4.50. The Labute approximate surface area is 79.6 Å². The van der Waals surface area contributed by atoms with E-state index in [-0.39, 0.29) is 6.61 Å². The van der Waals surface area contributed by atoms with E-state index < -0.39 is 6.67 Å². The minimum atomic E-state index is -0.422. The van der Waals surface area contributed by atoms with Crippen molar-refractivity contribution in [3.05, 3.63) is 0 Å². The lowest BCUT2D eigenvalue weighted by Crippen LogP contribution is -2.27. The fraction of sp³-hybridized carbons (Fsp3) is 1.00. The Morgan fingerprint density at radius 1 is 1.08 bits per heavy atom. The minimum Gasteiger partial charge on any atom is -0.378 e. The van der Waals surface area contributed by atoms with Crippen molar-refractivity contribution in [3.63, 3.8) is 0 Å². The minimum absolute atomic E-state index is 0.174. The number of alkyl halides is 1. The van der Waals surface area contributed by atoms with Gasteiger partial charge in [-0.15, -0.1) is 0 Å². The maximum absolute atomic E-state index is 11.5. The molecule has 0 aliphatic carbocycles. The summed E-state index contributed by atoms with van der Waals surface area (Å²) in [5, 5.41) is 3.22. The lowest BCUT2D eigenvalue weighted by Gasteiger charge is -2.08. The zero-order valence-electron chi connectivity index (χ0n) is 8.51. The zero-order chi connectivity index (χ0) is 9.94. The maximum Gasteiger partial charge on any atom is 0.113 e. The van der Waals surface area contributed by atoms with Gasteiger partial charge in [-0.25, -0.2) is 4.39 Å². The third kappa shape index (κ3) is 11.8. The molecular formula is C9H20FNO2. The third-order valence-electron chi connectivity index (χ3n) is 1.39. The highest BCUT2D eigenvalue weighted by Gasteiger charge is 1.92. The van der Waals surface area contributed by atoms with Gasteiger partial charge in [0.05, 0.1) is 26.4 Å². The molecule has 0 fully saturated rings. The van der Waals surface area contributed by atoms with Crippen LogP contribution in [-0.2, 0) is 9.47 Å². The van der Waals surface area contributed by atoms with Crippen LogP contribution in [0.2, 0.25) is 0 Å². The number of hydrogen-bond acceptors (Lipinski definition) is 3. The van der Waals surface area contributed by atoms with E-state index in [1.807, 2.05) is 0 Å². The second kappa shape index (κ2) is 9.89. The van der Waals surface area contributed by atoms with Gasteiger partial charge in [0.1, 0.15) is 6.67 Å². The number of ether oxygens (including phenoxy) is 2. The highest BCUT2D eigenvalue weighted by Crippen LogP contribution is 1.80. The van der Waals surface area contributed by atoms with Crippen LogP contribution in [0.15, 0.2) is 0 Å². The molecule has 0 aromatic rings. The summed E-state index contributed by atoms with van der Waals surface area (Å²) in [6, 6.07) is 0.492. The first kappa shape index (κ1) is 12.8. The Morgan fingerprint density at radius 2 is 1.69 bits per heavy atom. The van der Waals surface area contributed by atoms with E-state index in [1.54, 1.807) is 0 Å². The standard InChI is InChI=1S/C9H20FNO2/c1-9(2)11-4-6-13-8-7-12-5-3-10/h9,11H,3-8H2,1-2H3. The third-order valence-corrected chi connectivity index (χ3v) is 1.39. The topological polar surface area (TPSA) is 30.5 Å². The van der Waals surface area contributed by atoms with Gasteiger partial charge >= 0.3 is 0 Å². The maximum atomic E-state index is 11.5. The Hall–Kier alpha value is -0.190. The first-order chi connectivity index (χ1) is 6.27. The fourth-order valence-electron chi connectivity index (χ4n) is 0.796. The molecule has 0 aromatic carbocycles. The number of hydrogen-bond donors (Lipinski definition) is 1. The van der Waals surface area contributed by atoms with Crippen molar-refractivity contribution in [2.75, 3.05) is 39.6 Å². The molecule has 0 saturated heterocycles. The second-order valence-electron chi connectivity index (χ2n) is 3.02. The molecule has 0 radical (unpaired) electrons. The molecular weight excluding hydrogens is 173 g/mol. The molecule has 0 bridgehead atoms. The molecule has 13 heavy (non-hydrogen) atoms. The molecule has 80 valence electrons. The molecule has 0 rings (SSSR count). The summed E-state index contributed by atoms with van der Waals surface area (Å²) in [5.74, 6) is 0. The number of halogens is 1. The van der Waals surface area contributed by atoms with Crippen LogP contribution < -0.4 is 5.32 Å². The average Bonchev–Trinajstić information content (AvgIpc) is 2.09. The SMILES string of the molecule is CC(C)NCCOCCOCCF. The van der Waals surface area contributed by atoms with Crippen molar-refractivity contribution < 1.29 is 13.9 Å². The Kier molecular flexibility index (Phi) is 9.75. The van der Waals surface area contributed by atoms with E-state index in [2.05, 4.69) is 19.2 Å². The summed E-state index contributed by atoms with van der Waals surface area (Å²) in [4.78, 5) is 0. The Balaban J connectivity index is 2.84. The van der Waals surface area contributed by atoms with E-state index in [4.69, 9.17) is 9.47 Å². The average molecular weight is 193 g/mol. The van der Waals surface area contributed by atoms with Crippen molar-refractivity contribution in [2.45, 2.75) is 19.9 Å². The van der Waals surface area contributed by atoms with Gasteiger partial charge in [-0.05, 0) is 0 Å². The quantitative estimate of drug-likeness (QED) is 0.554. The van der Waals surface area contributed by atoms with Crippen LogP contribution in [0.1, 0.15) is 13.8 Å². The summed E-state index contributed by atoms with van der Waals surface area (Å²) in [6.07, 6.45) is 0. The Morgan fingerprint density at radius 3 is 2.23 bits per heavy atom. The van der Waals surface area contributed by atoms with Crippen LogP contribution in [-0.4, -0.2) is 45.7 Å². The molecule has 0 heterocycles. The predicted molar refractivity (Wildman–Crippen MR) is 50.8 cm³/mol. The monoisotopic (exact) mass is 193 g/mol. The van der Waals surface area contributed by atoms with Gasteiger partial charge in [-0.3, -0.25) is 0 Å². The molecule has 0 aliphatic rings. The van der Waals surface area contributed by atoms with Gasteiger partial charge in [0.25, 0.3) is 0 Å². The molecule has 0 unspecified atom stereocenters. The van der Waals surface area contributed by atoms with E-state index >= 15 is 0 Å². The first-order valence-electron chi connectivity index (χ1n) is 4.72. The molecule has 0 spiro atoms. The smallest absolute Gasteiger partial charge is 0.113 e. The van der Waals surface area contributed by atoms with Gasteiger partial charge in [0.15, 0.2) is 0 Å².